The minimum absolute atomic E-state index is 0.630. The van der Waals surface area contributed by atoms with E-state index in [4.69, 9.17) is 15.0 Å². The van der Waals surface area contributed by atoms with Gasteiger partial charge in [-0.15, -0.1) is 0 Å². The van der Waals surface area contributed by atoms with Crippen molar-refractivity contribution in [3.8, 4) is 67.5 Å². The molecule has 0 spiro atoms. The van der Waals surface area contributed by atoms with Gasteiger partial charge in [0.05, 0.1) is 0 Å². The standard InChI is InChI=1S/C55H35N3/c1-3-15-36(16-4-1)43-20-9-14-26-50(43)54-56-53(57-55(58-54)51-32-31-45(37-17-5-2-6-18-37)47-23-10-12-24-48(47)51)42-30-28-38-33-41(29-27-39(38)34-42)52-35-40-19-7-8-21-44(40)46-22-11-13-25-49(46)52/h1-35H. The fourth-order valence-electron chi connectivity index (χ4n) is 8.50. The molecule has 58 heavy (non-hydrogen) atoms. The fraction of sp³-hybridized carbons (Fsp3) is 0. The Labute approximate surface area is 336 Å². The van der Waals surface area contributed by atoms with Crippen LogP contribution in [0.15, 0.2) is 212 Å². The lowest BCUT2D eigenvalue weighted by Crippen LogP contribution is -2.01. The highest BCUT2D eigenvalue weighted by molar-refractivity contribution is 6.14. The normalized spacial score (nSPS) is 11.4. The molecule has 0 saturated heterocycles. The molecular weight excluding hydrogens is 703 g/mol. The van der Waals surface area contributed by atoms with E-state index in [1.165, 1.54) is 43.8 Å². The molecule has 0 bridgehead atoms. The Morgan fingerprint density at radius 3 is 1.38 bits per heavy atom. The largest absolute Gasteiger partial charge is 0.208 e. The van der Waals surface area contributed by atoms with Crippen LogP contribution >= 0.6 is 0 Å². The second kappa shape index (κ2) is 14.1. The Balaban J connectivity index is 1.08. The van der Waals surface area contributed by atoms with Crippen molar-refractivity contribution < 1.29 is 0 Å². The van der Waals surface area contributed by atoms with Crippen LogP contribution in [0.3, 0.4) is 0 Å². The predicted octanol–water partition coefficient (Wildman–Crippen LogP) is 14.5. The van der Waals surface area contributed by atoms with E-state index in [0.29, 0.717) is 17.5 Å². The summed E-state index contributed by atoms with van der Waals surface area (Å²) in [5, 5.41) is 9.56. The zero-order chi connectivity index (χ0) is 38.4. The van der Waals surface area contributed by atoms with E-state index in [9.17, 15) is 0 Å². The minimum atomic E-state index is 0.630. The van der Waals surface area contributed by atoms with E-state index in [1.54, 1.807) is 0 Å². The summed E-state index contributed by atoms with van der Waals surface area (Å²) in [6.45, 7) is 0. The Bertz CT molecular complexity index is 3340. The third kappa shape index (κ3) is 5.89. The number of fused-ring (bicyclic) bond motifs is 5. The minimum Gasteiger partial charge on any atom is -0.208 e. The van der Waals surface area contributed by atoms with Crippen molar-refractivity contribution in [2.24, 2.45) is 0 Å². The van der Waals surface area contributed by atoms with Crippen LogP contribution in [0.25, 0.3) is 111 Å². The Morgan fingerprint density at radius 2 is 0.672 bits per heavy atom. The van der Waals surface area contributed by atoms with Crippen molar-refractivity contribution in [2.45, 2.75) is 0 Å². The third-order valence-electron chi connectivity index (χ3n) is 11.3. The molecule has 0 aliphatic carbocycles. The van der Waals surface area contributed by atoms with Crippen LogP contribution in [0.1, 0.15) is 0 Å². The number of nitrogens with zero attached hydrogens (tertiary/aromatic N) is 3. The Hall–Kier alpha value is -7.75. The molecule has 10 aromatic carbocycles. The lowest BCUT2D eigenvalue weighted by Gasteiger charge is -2.15. The highest BCUT2D eigenvalue weighted by atomic mass is 15.0. The van der Waals surface area contributed by atoms with Gasteiger partial charge in [-0.3, -0.25) is 0 Å². The van der Waals surface area contributed by atoms with Gasteiger partial charge in [-0.2, -0.15) is 0 Å². The Kier molecular flexibility index (Phi) is 8.15. The third-order valence-corrected chi connectivity index (χ3v) is 11.3. The molecule has 0 aliphatic heterocycles. The van der Waals surface area contributed by atoms with Crippen LogP contribution in [0, 0.1) is 0 Å². The van der Waals surface area contributed by atoms with E-state index < -0.39 is 0 Å². The molecule has 11 aromatic rings. The molecule has 0 amide bonds. The van der Waals surface area contributed by atoms with Gasteiger partial charge in [0.1, 0.15) is 0 Å². The summed E-state index contributed by atoms with van der Waals surface area (Å²) in [4.78, 5) is 15.8. The molecule has 1 aromatic heterocycles. The molecule has 0 aliphatic rings. The maximum absolute atomic E-state index is 5.27. The number of rotatable bonds is 6. The summed E-state index contributed by atoms with van der Waals surface area (Å²) >= 11 is 0. The molecule has 0 fully saturated rings. The molecule has 0 N–H and O–H groups in total. The van der Waals surface area contributed by atoms with E-state index in [0.717, 1.165) is 49.4 Å². The predicted molar refractivity (Wildman–Crippen MR) is 242 cm³/mol. The molecule has 3 heteroatoms. The van der Waals surface area contributed by atoms with Gasteiger partial charge < -0.3 is 0 Å². The summed E-state index contributed by atoms with van der Waals surface area (Å²) in [6, 6.07) is 75.3. The van der Waals surface area contributed by atoms with Crippen LogP contribution in [0.2, 0.25) is 0 Å². The van der Waals surface area contributed by atoms with Crippen LogP contribution in [-0.4, -0.2) is 15.0 Å². The fourth-order valence-corrected chi connectivity index (χ4v) is 8.50. The van der Waals surface area contributed by atoms with Gasteiger partial charge in [0.2, 0.25) is 0 Å². The molecular formula is C55H35N3. The van der Waals surface area contributed by atoms with Crippen molar-refractivity contribution in [1.29, 1.82) is 0 Å². The molecule has 0 radical (unpaired) electrons. The summed E-state index contributed by atoms with van der Waals surface area (Å²) < 4.78 is 0. The van der Waals surface area contributed by atoms with Crippen LogP contribution in [0.4, 0.5) is 0 Å². The van der Waals surface area contributed by atoms with E-state index in [2.05, 4.69) is 206 Å². The lowest BCUT2D eigenvalue weighted by molar-refractivity contribution is 1.08. The Morgan fingerprint density at radius 1 is 0.207 bits per heavy atom. The smallest absolute Gasteiger partial charge is 0.164 e. The van der Waals surface area contributed by atoms with Gasteiger partial charge in [-0.05, 0) is 101 Å². The van der Waals surface area contributed by atoms with Gasteiger partial charge in [0, 0.05) is 16.7 Å². The summed E-state index contributed by atoms with van der Waals surface area (Å²) in [6.07, 6.45) is 0. The monoisotopic (exact) mass is 737 g/mol. The number of hydrogen-bond acceptors (Lipinski definition) is 3. The molecule has 0 saturated carbocycles. The van der Waals surface area contributed by atoms with Gasteiger partial charge in [0.25, 0.3) is 0 Å². The van der Waals surface area contributed by atoms with Crippen molar-refractivity contribution in [3.05, 3.63) is 212 Å². The first kappa shape index (κ1) is 33.6. The van der Waals surface area contributed by atoms with Crippen molar-refractivity contribution in [1.82, 2.24) is 15.0 Å². The van der Waals surface area contributed by atoms with Crippen molar-refractivity contribution in [2.75, 3.05) is 0 Å². The van der Waals surface area contributed by atoms with Crippen LogP contribution in [0.5, 0.6) is 0 Å². The summed E-state index contributed by atoms with van der Waals surface area (Å²) in [5.41, 5.74) is 9.81. The van der Waals surface area contributed by atoms with Crippen molar-refractivity contribution >= 4 is 43.1 Å². The maximum Gasteiger partial charge on any atom is 0.164 e. The molecule has 1 heterocycles. The van der Waals surface area contributed by atoms with Crippen molar-refractivity contribution in [3.63, 3.8) is 0 Å². The number of aromatic nitrogens is 3. The first-order valence-corrected chi connectivity index (χ1v) is 19.7. The quantitative estimate of drug-likeness (QED) is 0.160. The molecule has 11 rings (SSSR count). The molecule has 0 unspecified atom stereocenters. The van der Waals surface area contributed by atoms with E-state index in [1.807, 2.05) is 6.07 Å². The molecule has 3 nitrogen and oxygen atoms in total. The average Bonchev–Trinajstić information content (AvgIpc) is 3.31. The number of benzene rings is 10. The first-order chi connectivity index (χ1) is 28.7. The first-order valence-electron chi connectivity index (χ1n) is 19.7. The second-order valence-electron chi connectivity index (χ2n) is 14.8. The van der Waals surface area contributed by atoms with E-state index >= 15 is 0 Å². The van der Waals surface area contributed by atoms with Gasteiger partial charge in [-0.25, -0.2) is 15.0 Å². The highest BCUT2D eigenvalue weighted by Gasteiger charge is 2.18. The SMILES string of the molecule is c1ccc(-c2ccccc2-c2nc(-c3ccc4cc(-c5cc6ccccc6c6ccccc56)ccc4c3)nc(-c3ccc(-c4ccccc4)c4ccccc34)n2)cc1. The van der Waals surface area contributed by atoms with E-state index in [-0.39, 0.29) is 0 Å². The average molecular weight is 738 g/mol. The highest BCUT2D eigenvalue weighted by Crippen LogP contribution is 2.39. The molecule has 0 atom stereocenters. The van der Waals surface area contributed by atoms with Gasteiger partial charge >= 0.3 is 0 Å². The summed E-state index contributed by atoms with van der Waals surface area (Å²) in [5.74, 6) is 1.90. The zero-order valence-corrected chi connectivity index (χ0v) is 31.5. The molecule has 270 valence electrons. The maximum atomic E-state index is 5.27. The van der Waals surface area contributed by atoms with Crippen LogP contribution in [-0.2, 0) is 0 Å². The topological polar surface area (TPSA) is 38.7 Å². The zero-order valence-electron chi connectivity index (χ0n) is 31.5. The van der Waals surface area contributed by atoms with Crippen LogP contribution < -0.4 is 0 Å². The number of hydrogen-bond donors (Lipinski definition) is 0. The second-order valence-corrected chi connectivity index (χ2v) is 14.8. The van der Waals surface area contributed by atoms with Gasteiger partial charge in [-0.1, -0.05) is 188 Å². The lowest BCUT2D eigenvalue weighted by atomic mass is 9.92. The summed E-state index contributed by atoms with van der Waals surface area (Å²) in [7, 11) is 0. The van der Waals surface area contributed by atoms with Gasteiger partial charge in [0.15, 0.2) is 17.5 Å².